The molecule has 138 valence electrons. The number of carbonyl (C=O) groups is 1. The number of nitrogens with zero attached hydrogens (tertiary/aromatic N) is 2. The second-order valence-corrected chi connectivity index (χ2v) is 6.19. The van der Waals surface area contributed by atoms with Gasteiger partial charge in [0.25, 0.3) is 0 Å². The zero-order valence-corrected chi connectivity index (χ0v) is 17.1. The van der Waals surface area contributed by atoms with Crippen molar-refractivity contribution in [1.29, 1.82) is 0 Å². The summed E-state index contributed by atoms with van der Waals surface area (Å²) in [5, 5.41) is 5.84. The summed E-state index contributed by atoms with van der Waals surface area (Å²) in [4.78, 5) is 20.4. The number of aromatic nitrogens is 1. The molecule has 1 heterocycles. The van der Waals surface area contributed by atoms with Crippen molar-refractivity contribution < 1.29 is 4.79 Å². The van der Waals surface area contributed by atoms with Crippen LogP contribution in [0.4, 0.5) is 11.5 Å². The van der Waals surface area contributed by atoms with Gasteiger partial charge in [-0.1, -0.05) is 12.1 Å². The number of aliphatic imine (C=N–C) groups is 1. The van der Waals surface area contributed by atoms with Gasteiger partial charge in [-0.3, -0.25) is 9.79 Å². The van der Waals surface area contributed by atoms with E-state index in [2.05, 4.69) is 32.7 Å². The monoisotopic (exact) mass is 465 g/mol. The molecule has 2 aromatic rings. The second kappa shape index (κ2) is 9.51. The molecule has 1 amide bonds. The average Bonchev–Trinajstić information content (AvgIpc) is 3.02. The van der Waals surface area contributed by atoms with Gasteiger partial charge in [0.15, 0.2) is 5.96 Å². The predicted molar refractivity (Wildman–Crippen MR) is 116 cm³/mol. The van der Waals surface area contributed by atoms with Crippen LogP contribution in [0.3, 0.4) is 0 Å². The van der Waals surface area contributed by atoms with E-state index in [0.717, 1.165) is 24.2 Å². The van der Waals surface area contributed by atoms with Crippen LogP contribution >= 0.6 is 24.0 Å². The Balaban J connectivity index is 0.00000243. The van der Waals surface area contributed by atoms with E-state index in [4.69, 9.17) is 5.73 Å². The summed E-state index contributed by atoms with van der Waals surface area (Å²) in [7, 11) is 0. The maximum Gasteiger partial charge on any atom is 0.227 e. The Morgan fingerprint density at radius 3 is 2.81 bits per heavy atom. The standard InChI is InChI=1S/C19H23N5O.HI/c1-13-4-2-7-17(22-13)24-18(25)10-11-21-19(20)23-16-9-8-14-5-3-6-15(14)12-16;/h2,4,7-9,12H,3,5-6,10-11H2,1H3,(H3,20,21,23)(H,22,24,25);1H. The number of hydrogen-bond donors (Lipinski definition) is 3. The molecule has 0 aliphatic heterocycles. The SMILES string of the molecule is Cc1cccc(NC(=O)CCN=C(N)Nc2ccc3c(c2)CCC3)n1.I. The minimum absolute atomic E-state index is 0. The van der Waals surface area contributed by atoms with Crippen molar-refractivity contribution >= 4 is 47.3 Å². The minimum atomic E-state index is -0.132. The number of rotatable bonds is 5. The summed E-state index contributed by atoms with van der Waals surface area (Å²) in [5.74, 6) is 0.741. The van der Waals surface area contributed by atoms with Gasteiger partial charge in [0.2, 0.25) is 5.91 Å². The van der Waals surface area contributed by atoms with Crippen LogP contribution in [-0.2, 0) is 17.6 Å². The van der Waals surface area contributed by atoms with E-state index in [1.54, 1.807) is 6.07 Å². The van der Waals surface area contributed by atoms with Crippen LogP contribution in [0.2, 0.25) is 0 Å². The number of pyridine rings is 1. The molecule has 0 unspecified atom stereocenters. The molecule has 1 aliphatic rings. The Bertz CT molecular complexity index is 806. The van der Waals surface area contributed by atoms with Gasteiger partial charge in [0.05, 0.1) is 6.54 Å². The fourth-order valence-electron chi connectivity index (χ4n) is 2.93. The molecule has 0 saturated carbocycles. The zero-order chi connectivity index (χ0) is 17.6. The summed E-state index contributed by atoms with van der Waals surface area (Å²) in [6.45, 7) is 2.20. The normalized spacial score (nSPS) is 12.9. The highest BCUT2D eigenvalue weighted by atomic mass is 127. The number of carbonyl (C=O) groups excluding carboxylic acids is 1. The van der Waals surface area contributed by atoms with Crippen molar-refractivity contribution in [2.75, 3.05) is 17.2 Å². The van der Waals surface area contributed by atoms with E-state index >= 15 is 0 Å². The Kier molecular flexibility index (Phi) is 7.38. The van der Waals surface area contributed by atoms with E-state index in [1.807, 2.05) is 25.1 Å². The number of guanidine groups is 1. The van der Waals surface area contributed by atoms with Gasteiger partial charge in [-0.2, -0.15) is 0 Å². The fraction of sp³-hybridized carbons (Fsp3) is 0.316. The topological polar surface area (TPSA) is 92.4 Å². The third-order valence-electron chi connectivity index (χ3n) is 4.15. The average molecular weight is 465 g/mol. The quantitative estimate of drug-likeness (QED) is 0.359. The van der Waals surface area contributed by atoms with Crippen molar-refractivity contribution in [2.45, 2.75) is 32.6 Å². The van der Waals surface area contributed by atoms with Crippen LogP contribution in [0.25, 0.3) is 0 Å². The Labute approximate surface area is 170 Å². The zero-order valence-electron chi connectivity index (χ0n) is 14.8. The highest BCUT2D eigenvalue weighted by Crippen LogP contribution is 2.24. The first kappa shape index (κ1) is 20.2. The van der Waals surface area contributed by atoms with E-state index in [1.165, 1.54) is 17.5 Å². The molecule has 1 aromatic carbocycles. The first-order valence-electron chi connectivity index (χ1n) is 8.52. The molecule has 3 rings (SSSR count). The lowest BCUT2D eigenvalue weighted by atomic mass is 10.1. The minimum Gasteiger partial charge on any atom is -0.370 e. The highest BCUT2D eigenvalue weighted by molar-refractivity contribution is 14.0. The summed E-state index contributed by atoms with van der Waals surface area (Å²) in [6, 6.07) is 11.8. The maximum atomic E-state index is 11.9. The smallest absolute Gasteiger partial charge is 0.227 e. The van der Waals surface area contributed by atoms with Crippen molar-refractivity contribution in [3.05, 3.63) is 53.2 Å². The van der Waals surface area contributed by atoms with E-state index in [0.29, 0.717) is 18.3 Å². The lowest BCUT2D eigenvalue weighted by Crippen LogP contribution is -2.23. The van der Waals surface area contributed by atoms with Crippen molar-refractivity contribution in [3.63, 3.8) is 0 Å². The van der Waals surface area contributed by atoms with Gasteiger partial charge in [-0.25, -0.2) is 4.98 Å². The van der Waals surface area contributed by atoms with Gasteiger partial charge in [-0.05, 0) is 61.6 Å². The highest BCUT2D eigenvalue weighted by Gasteiger charge is 2.11. The number of fused-ring (bicyclic) bond motifs is 1. The van der Waals surface area contributed by atoms with Crippen LogP contribution < -0.4 is 16.4 Å². The van der Waals surface area contributed by atoms with E-state index in [9.17, 15) is 4.79 Å². The molecule has 0 spiro atoms. The summed E-state index contributed by atoms with van der Waals surface area (Å²) in [5.41, 5.74) is 10.5. The van der Waals surface area contributed by atoms with Crippen LogP contribution in [0.1, 0.15) is 29.7 Å². The third-order valence-corrected chi connectivity index (χ3v) is 4.15. The largest absolute Gasteiger partial charge is 0.370 e. The van der Waals surface area contributed by atoms with Crippen molar-refractivity contribution in [3.8, 4) is 0 Å². The first-order valence-corrected chi connectivity index (χ1v) is 8.52. The number of amides is 1. The molecule has 26 heavy (non-hydrogen) atoms. The van der Waals surface area contributed by atoms with Gasteiger partial charge >= 0.3 is 0 Å². The lowest BCUT2D eigenvalue weighted by Gasteiger charge is -2.08. The van der Waals surface area contributed by atoms with Crippen molar-refractivity contribution in [1.82, 2.24) is 4.98 Å². The molecular weight excluding hydrogens is 441 g/mol. The number of nitrogens with one attached hydrogen (secondary N) is 2. The van der Waals surface area contributed by atoms with E-state index in [-0.39, 0.29) is 36.3 Å². The second-order valence-electron chi connectivity index (χ2n) is 6.19. The third kappa shape index (κ3) is 5.69. The Morgan fingerprint density at radius 1 is 1.19 bits per heavy atom. The molecule has 0 atom stereocenters. The maximum absolute atomic E-state index is 11.9. The number of aryl methyl sites for hydroxylation is 3. The Hall–Kier alpha value is -2.16. The van der Waals surface area contributed by atoms with Crippen LogP contribution in [0.15, 0.2) is 41.4 Å². The number of halogens is 1. The van der Waals surface area contributed by atoms with Gasteiger partial charge in [0, 0.05) is 17.8 Å². The number of nitrogens with two attached hydrogens (primary N) is 1. The predicted octanol–water partition coefficient (Wildman–Crippen LogP) is 3.25. The van der Waals surface area contributed by atoms with Gasteiger partial charge in [-0.15, -0.1) is 24.0 Å². The molecule has 6 nitrogen and oxygen atoms in total. The molecule has 1 aromatic heterocycles. The molecular formula is C19H24IN5O. The lowest BCUT2D eigenvalue weighted by molar-refractivity contribution is -0.116. The first-order chi connectivity index (χ1) is 12.1. The van der Waals surface area contributed by atoms with Crippen LogP contribution in [0.5, 0.6) is 0 Å². The molecule has 1 aliphatic carbocycles. The van der Waals surface area contributed by atoms with E-state index < -0.39 is 0 Å². The molecule has 4 N–H and O–H groups in total. The summed E-state index contributed by atoms with van der Waals surface area (Å²) in [6.07, 6.45) is 3.74. The van der Waals surface area contributed by atoms with Gasteiger partial charge < -0.3 is 16.4 Å². The van der Waals surface area contributed by atoms with Crippen molar-refractivity contribution in [2.24, 2.45) is 10.7 Å². The van der Waals surface area contributed by atoms with Gasteiger partial charge in [0.1, 0.15) is 5.82 Å². The summed E-state index contributed by atoms with van der Waals surface area (Å²) < 4.78 is 0. The number of hydrogen-bond acceptors (Lipinski definition) is 3. The van der Waals surface area contributed by atoms with Crippen LogP contribution in [0, 0.1) is 6.92 Å². The van der Waals surface area contributed by atoms with Crippen LogP contribution in [-0.4, -0.2) is 23.4 Å². The fourth-order valence-corrected chi connectivity index (χ4v) is 2.93. The molecule has 7 heteroatoms. The molecule has 0 bridgehead atoms. The Morgan fingerprint density at radius 2 is 2.00 bits per heavy atom. The molecule has 0 fully saturated rings. The number of anilines is 2. The molecule has 0 radical (unpaired) electrons. The summed E-state index contributed by atoms with van der Waals surface area (Å²) >= 11 is 0. The number of benzene rings is 1. The molecule has 0 saturated heterocycles.